The maximum atomic E-state index is 11.6. The number of benzene rings is 1. The van der Waals surface area contributed by atoms with Crippen LogP contribution in [0.15, 0.2) is 24.4 Å². The molecule has 2 aromatic rings. The van der Waals surface area contributed by atoms with Crippen molar-refractivity contribution in [1.29, 1.82) is 0 Å². The van der Waals surface area contributed by atoms with Gasteiger partial charge < -0.3 is 19.7 Å². The normalized spacial score (nSPS) is 14.3. The van der Waals surface area contributed by atoms with Crippen molar-refractivity contribution < 1.29 is 14.3 Å². The highest BCUT2D eigenvalue weighted by Gasteiger charge is 2.15. The molecule has 0 radical (unpaired) electrons. The van der Waals surface area contributed by atoms with Crippen LogP contribution in [0.25, 0.3) is 0 Å². The molecule has 1 fully saturated rings. The first-order valence-electron chi connectivity index (χ1n) is 7.34. The summed E-state index contributed by atoms with van der Waals surface area (Å²) in [5.41, 5.74) is 0.924. The molecule has 0 atom stereocenters. The van der Waals surface area contributed by atoms with E-state index >= 15 is 0 Å². The summed E-state index contributed by atoms with van der Waals surface area (Å²) in [5, 5.41) is 11.5. The van der Waals surface area contributed by atoms with Crippen LogP contribution in [0, 0.1) is 0 Å². The van der Waals surface area contributed by atoms with E-state index in [0.29, 0.717) is 54.3 Å². The van der Waals surface area contributed by atoms with Gasteiger partial charge >= 0.3 is 5.97 Å². The zero-order valence-corrected chi connectivity index (χ0v) is 13.8. The lowest BCUT2D eigenvalue weighted by Gasteiger charge is -2.26. The van der Waals surface area contributed by atoms with Gasteiger partial charge in [-0.25, -0.2) is 4.79 Å². The average Bonchev–Trinajstić information content (AvgIpc) is 2.64. The van der Waals surface area contributed by atoms with E-state index in [1.807, 2.05) is 4.90 Å². The van der Waals surface area contributed by atoms with E-state index in [0.717, 1.165) is 0 Å². The van der Waals surface area contributed by atoms with E-state index in [1.54, 1.807) is 18.2 Å². The second-order valence-corrected chi connectivity index (χ2v) is 5.46. The summed E-state index contributed by atoms with van der Waals surface area (Å²) in [6.45, 7) is 2.69. The second kappa shape index (κ2) is 7.41. The number of hydrogen-bond donors (Lipinski definition) is 1. The SMILES string of the molecule is COC(=O)c1ccc(Cl)c(Nc2cnnc(N3CCOCC3)n2)c1. The molecule has 1 aromatic carbocycles. The number of nitrogens with zero attached hydrogens (tertiary/aromatic N) is 4. The van der Waals surface area contributed by atoms with Gasteiger partial charge in [-0.15, -0.1) is 5.10 Å². The summed E-state index contributed by atoms with van der Waals surface area (Å²) < 4.78 is 10.0. The minimum atomic E-state index is -0.440. The van der Waals surface area contributed by atoms with Crippen molar-refractivity contribution in [3.63, 3.8) is 0 Å². The van der Waals surface area contributed by atoms with Crippen LogP contribution in [0.1, 0.15) is 10.4 Å². The Bertz CT molecular complexity index is 737. The van der Waals surface area contributed by atoms with Crippen molar-refractivity contribution in [2.75, 3.05) is 43.6 Å². The van der Waals surface area contributed by atoms with Crippen molar-refractivity contribution in [2.24, 2.45) is 0 Å². The minimum absolute atomic E-state index is 0.389. The Morgan fingerprint density at radius 3 is 2.92 bits per heavy atom. The fourth-order valence-corrected chi connectivity index (χ4v) is 2.42. The standard InChI is InChI=1S/C15H16ClN5O3/c1-23-14(22)10-2-3-11(16)12(8-10)18-13-9-17-20-15(19-13)21-4-6-24-7-5-21/h2-3,8-9H,4-7H2,1H3,(H,18,19,20). The van der Waals surface area contributed by atoms with Gasteiger partial charge in [-0.2, -0.15) is 10.1 Å². The second-order valence-electron chi connectivity index (χ2n) is 5.05. The number of carbonyl (C=O) groups excluding carboxylic acids is 1. The molecule has 0 amide bonds. The largest absolute Gasteiger partial charge is 0.465 e. The Hall–Kier alpha value is -2.45. The van der Waals surface area contributed by atoms with Crippen molar-refractivity contribution in [1.82, 2.24) is 15.2 Å². The van der Waals surface area contributed by atoms with Gasteiger partial charge in [-0.1, -0.05) is 11.6 Å². The minimum Gasteiger partial charge on any atom is -0.465 e. The fraction of sp³-hybridized carbons (Fsp3) is 0.333. The third-order valence-corrected chi connectivity index (χ3v) is 3.82. The molecule has 2 heterocycles. The van der Waals surface area contributed by atoms with Gasteiger partial charge in [-0.05, 0) is 18.2 Å². The summed E-state index contributed by atoms with van der Waals surface area (Å²) in [5.74, 6) is 0.559. The first-order chi connectivity index (χ1) is 11.7. The predicted octanol–water partition coefficient (Wildman–Crippen LogP) is 1.89. The Morgan fingerprint density at radius 1 is 1.38 bits per heavy atom. The monoisotopic (exact) mass is 349 g/mol. The summed E-state index contributed by atoms with van der Waals surface area (Å²) in [7, 11) is 1.33. The Balaban J connectivity index is 1.82. The molecule has 1 saturated heterocycles. The van der Waals surface area contributed by atoms with Crippen molar-refractivity contribution >= 4 is 35.0 Å². The number of aromatic nitrogens is 3. The number of rotatable bonds is 4. The quantitative estimate of drug-likeness (QED) is 0.837. The molecule has 9 heteroatoms. The van der Waals surface area contributed by atoms with Crippen LogP contribution in [0.3, 0.4) is 0 Å². The van der Waals surface area contributed by atoms with E-state index < -0.39 is 5.97 Å². The van der Waals surface area contributed by atoms with E-state index in [9.17, 15) is 4.79 Å². The highest BCUT2D eigenvalue weighted by atomic mass is 35.5. The molecule has 1 aromatic heterocycles. The smallest absolute Gasteiger partial charge is 0.337 e. The molecule has 0 aliphatic carbocycles. The molecular weight excluding hydrogens is 334 g/mol. The highest BCUT2D eigenvalue weighted by Crippen LogP contribution is 2.26. The molecule has 1 aliphatic rings. The first kappa shape index (κ1) is 16.4. The molecule has 0 unspecified atom stereocenters. The topological polar surface area (TPSA) is 89.5 Å². The van der Waals surface area contributed by atoms with Crippen LogP contribution in [0.2, 0.25) is 5.02 Å². The zero-order chi connectivity index (χ0) is 16.9. The number of hydrogen-bond acceptors (Lipinski definition) is 8. The van der Waals surface area contributed by atoms with Crippen molar-refractivity contribution in [2.45, 2.75) is 0 Å². The number of anilines is 3. The Morgan fingerprint density at radius 2 is 2.17 bits per heavy atom. The number of methoxy groups -OCH3 is 1. The van der Waals surface area contributed by atoms with Gasteiger partial charge in [0.05, 0.1) is 42.8 Å². The summed E-state index contributed by atoms with van der Waals surface area (Å²) in [6, 6.07) is 4.81. The molecule has 1 aliphatic heterocycles. The fourth-order valence-electron chi connectivity index (χ4n) is 2.26. The molecule has 0 bridgehead atoms. The third kappa shape index (κ3) is 3.72. The van der Waals surface area contributed by atoms with Gasteiger partial charge in [0.15, 0.2) is 5.82 Å². The predicted molar refractivity (Wildman–Crippen MR) is 88.9 cm³/mol. The van der Waals surface area contributed by atoms with Crippen LogP contribution < -0.4 is 10.2 Å². The van der Waals surface area contributed by atoms with Gasteiger partial charge in [0, 0.05) is 13.1 Å². The van der Waals surface area contributed by atoms with E-state index in [4.69, 9.17) is 21.1 Å². The maximum absolute atomic E-state index is 11.6. The first-order valence-corrected chi connectivity index (χ1v) is 7.72. The highest BCUT2D eigenvalue weighted by molar-refractivity contribution is 6.33. The maximum Gasteiger partial charge on any atom is 0.337 e. The van der Waals surface area contributed by atoms with Gasteiger partial charge in [0.25, 0.3) is 0 Å². The number of nitrogens with one attached hydrogen (secondary N) is 1. The zero-order valence-electron chi connectivity index (χ0n) is 13.0. The van der Waals surface area contributed by atoms with Crippen LogP contribution >= 0.6 is 11.6 Å². The average molecular weight is 350 g/mol. The van der Waals surface area contributed by atoms with Gasteiger partial charge in [-0.3, -0.25) is 0 Å². The number of carbonyl (C=O) groups is 1. The van der Waals surface area contributed by atoms with E-state index in [2.05, 4.69) is 20.5 Å². The van der Waals surface area contributed by atoms with Crippen molar-refractivity contribution in [3.05, 3.63) is 35.0 Å². The molecule has 24 heavy (non-hydrogen) atoms. The van der Waals surface area contributed by atoms with Crippen LogP contribution in [0.5, 0.6) is 0 Å². The molecule has 1 N–H and O–H groups in total. The lowest BCUT2D eigenvalue weighted by molar-refractivity contribution is 0.0601. The van der Waals surface area contributed by atoms with E-state index in [1.165, 1.54) is 13.3 Å². The Kier molecular flexibility index (Phi) is 5.07. The lowest BCUT2D eigenvalue weighted by atomic mass is 10.2. The lowest BCUT2D eigenvalue weighted by Crippen LogP contribution is -2.37. The Labute approximate surface area is 143 Å². The molecule has 126 valence electrons. The number of ether oxygens (including phenoxy) is 2. The summed E-state index contributed by atoms with van der Waals surface area (Å²) in [4.78, 5) is 18.1. The third-order valence-electron chi connectivity index (χ3n) is 3.49. The van der Waals surface area contributed by atoms with Crippen LogP contribution in [-0.2, 0) is 9.47 Å². The van der Waals surface area contributed by atoms with Gasteiger partial charge in [0.2, 0.25) is 5.95 Å². The van der Waals surface area contributed by atoms with Gasteiger partial charge in [0.1, 0.15) is 0 Å². The molecule has 0 saturated carbocycles. The molecule has 3 rings (SSSR count). The summed E-state index contributed by atoms with van der Waals surface area (Å²) >= 11 is 6.18. The van der Waals surface area contributed by atoms with E-state index in [-0.39, 0.29) is 0 Å². The number of morpholine rings is 1. The number of esters is 1. The molecule has 0 spiro atoms. The van der Waals surface area contributed by atoms with Crippen molar-refractivity contribution in [3.8, 4) is 0 Å². The molecular formula is C15H16ClN5O3. The number of halogens is 1. The summed E-state index contributed by atoms with van der Waals surface area (Å²) in [6.07, 6.45) is 1.49. The van der Waals surface area contributed by atoms with Crippen LogP contribution in [0.4, 0.5) is 17.5 Å². The van der Waals surface area contributed by atoms with Crippen LogP contribution in [-0.4, -0.2) is 54.6 Å². The molecule has 8 nitrogen and oxygen atoms in total.